The lowest BCUT2D eigenvalue weighted by molar-refractivity contribution is -0.138. The third-order valence-electron chi connectivity index (χ3n) is 7.60. The molecule has 5 aliphatic rings. The Balaban J connectivity index is 1.76. The van der Waals surface area contributed by atoms with Crippen molar-refractivity contribution in [2.24, 2.45) is 17.8 Å². The van der Waals surface area contributed by atoms with Crippen molar-refractivity contribution in [1.29, 1.82) is 0 Å². The van der Waals surface area contributed by atoms with Crippen molar-refractivity contribution in [2.45, 2.75) is 42.8 Å². The summed E-state index contributed by atoms with van der Waals surface area (Å²) in [5.41, 5.74) is 0.720. The van der Waals surface area contributed by atoms with E-state index in [2.05, 4.69) is 6.07 Å². The van der Waals surface area contributed by atoms with Crippen LogP contribution in [0, 0.1) is 17.8 Å². The first-order valence-corrected chi connectivity index (χ1v) is 8.93. The summed E-state index contributed by atoms with van der Waals surface area (Å²) < 4.78 is 11.8. The van der Waals surface area contributed by atoms with E-state index >= 15 is 0 Å². The molecule has 1 spiro atoms. The topological polar surface area (TPSA) is 55.8 Å². The van der Waals surface area contributed by atoms with Gasteiger partial charge in [-0.1, -0.05) is 6.07 Å². The highest BCUT2D eigenvalue weighted by molar-refractivity contribution is 5.99. The fourth-order valence-corrected chi connectivity index (χ4v) is 6.87. The van der Waals surface area contributed by atoms with Crippen molar-refractivity contribution in [2.75, 3.05) is 7.11 Å². The average molecular weight is 324 g/mol. The quantitative estimate of drug-likeness (QED) is 0.860. The molecule has 0 saturated heterocycles. The van der Waals surface area contributed by atoms with Crippen LogP contribution in [0.3, 0.4) is 0 Å². The van der Waals surface area contributed by atoms with Crippen molar-refractivity contribution in [3.05, 3.63) is 35.4 Å². The van der Waals surface area contributed by atoms with Gasteiger partial charge >= 0.3 is 0 Å². The molecule has 4 heteroatoms. The van der Waals surface area contributed by atoms with Crippen molar-refractivity contribution >= 4 is 5.78 Å². The third-order valence-corrected chi connectivity index (χ3v) is 7.60. The molecule has 6 atom stereocenters. The number of ether oxygens (including phenoxy) is 2. The van der Waals surface area contributed by atoms with E-state index in [9.17, 15) is 9.90 Å². The fourth-order valence-electron chi connectivity index (χ4n) is 6.87. The smallest absolute Gasteiger partial charge is 0.196 e. The fraction of sp³-hybridized carbons (Fsp3) is 0.550. The number of aryl methyl sites for hydroxylation is 1. The molecule has 0 aromatic heterocycles. The van der Waals surface area contributed by atoms with Gasteiger partial charge in [0.25, 0.3) is 0 Å². The van der Waals surface area contributed by atoms with Crippen LogP contribution in [0.2, 0.25) is 0 Å². The molecule has 1 aromatic carbocycles. The molecule has 1 heterocycles. The van der Waals surface area contributed by atoms with Gasteiger partial charge in [-0.15, -0.1) is 0 Å². The zero-order valence-electron chi connectivity index (χ0n) is 13.6. The second-order valence-electron chi connectivity index (χ2n) is 8.13. The molecule has 0 radical (unpaired) electrons. The predicted octanol–water partition coefficient (Wildman–Crippen LogP) is 2.17. The number of hydrogen-bond acceptors (Lipinski definition) is 4. The molecule has 0 amide bonds. The highest BCUT2D eigenvalue weighted by atomic mass is 16.5. The Labute approximate surface area is 140 Å². The molecule has 2 fully saturated rings. The molecule has 4 nitrogen and oxygen atoms in total. The molecule has 4 aliphatic carbocycles. The van der Waals surface area contributed by atoms with Crippen molar-refractivity contribution in [3.8, 4) is 11.5 Å². The summed E-state index contributed by atoms with van der Waals surface area (Å²) in [5, 5.41) is 11.8. The number of rotatable bonds is 1. The number of carbonyl (C=O) groups is 1. The first-order chi connectivity index (χ1) is 11.6. The number of carbonyl (C=O) groups excluding carboxylic acids is 1. The van der Waals surface area contributed by atoms with Crippen LogP contribution in [-0.2, 0) is 16.6 Å². The summed E-state index contributed by atoms with van der Waals surface area (Å²) in [6.45, 7) is 0. The summed E-state index contributed by atoms with van der Waals surface area (Å²) in [4.78, 5) is 12.8. The first kappa shape index (κ1) is 13.5. The van der Waals surface area contributed by atoms with Crippen LogP contribution in [0.1, 0.15) is 30.4 Å². The van der Waals surface area contributed by atoms with E-state index in [-0.39, 0.29) is 11.7 Å². The average Bonchev–Trinajstić information content (AvgIpc) is 3.21. The highest BCUT2D eigenvalue weighted by Gasteiger charge is 2.78. The SMILES string of the molecule is COc1ccc2c3c1O[C@H]1C(=O)C=C[C@@]4(O)[C@@H]5CC(CC2)C(C5)C314. The summed E-state index contributed by atoms with van der Waals surface area (Å²) >= 11 is 0. The number of methoxy groups -OCH3 is 1. The van der Waals surface area contributed by atoms with Gasteiger partial charge in [0.05, 0.1) is 12.5 Å². The lowest BCUT2D eigenvalue weighted by atomic mass is 9.53. The lowest BCUT2D eigenvalue weighted by Gasteiger charge is -2.51. The maximum atomic E-state index is 12.8. The van der Waals surface area contributed by atoms with E-state index in [0.29, 0.717) is 23.3 Å². The molecule has 1 aliphatic heterocycles. The highest BCUT2D eigenvalue weighted by Crippen LogP contribution is 2.73. The van der Waals surface area contributed by atoms with Crippen molar-refractivity contribution in [1.82, 2.24) is 0 Å². The van der Waals surface area contributed by atoms with Gasteiger partial charge in [-0.05, 0) is 67.2 Å². The van der Waals surface area contributed by atoms with Crippen LogP contribution in [-0.4, -0.2) is 29.7 Å². The maximum Gasteiger partial charge on any atom is 0.196 e. The number of benzene rings is 1. The van der Waals surface area contributed by atoms with Crippen LogP contribution in [0.15, 0.2) is 24.3 Å². The van der Waals surface area contributed by atoms with E-state index in [0.717, 1.165) is 31.2 Å². The molecule has 3 unspecified atom stereocenters. The van der Waals surface area contributed by atoms with Gasteiger partial charge in [0.1, 0.15) is 5.60 Å². The summed E-state index contributed by atoms with van der Waals surface area (Å²) in [5.74, 6) is 2.48. The van der Waals surface area contributed by atoms with Gasteiger partial charge < -0.3 is 14.6 Å². The van der Waals surface area contributed by atoms with Crippen LogP contribution < -0.4 is 9.47 Å². The van der Waals surface area contributed by atoms with Gasteiger partial charge in [0.2, 0.25) is 0 Å². The van der Waals surface area contributed by atoms with E-state index in [1.54, 1.807) is 19.3 Å². The van der Waals surface area contributed by atoms with E-state index in [4.69, 9.17) is 9.47 Å². The van der Waals surface area contributed by atoms with Crippen LogP contribution in [0.25, 0.3) is 0 Å². The molecule has 1 aromatic rings. The molecular weight excluding hydrogens is 304 g/mol. The zero-order valence-corrected chi connectivity index (χ0v) is 13.6. The van der Waals surface area contributed by atoms with Crippen molar-refractivity contribution in [3.63, 3.8) is 0 Å². The van der Waals surface area contributed by atoms with Crippen LogP contribution in [0.5, 0.6) is 11.5 Å². The van der Waals surface area contributed by atoms with E-state index in [1.165, 1.54) is 5.56 Å². The molecule has 6 rings (SSSR count). The number of aliphatic hydroxyl groups is 1. The summed E-state index contributed by atoms with van der Waals surface area (Å²) in [6.07, 6.45) is 6.93. The lowest BCUT2D eigenvalue weighted by Crippen LogP contribution is -2.65. The van der Waals surface area contributed by atoms with Crippen LogP contribution in [0.4, 0.5) is 0 Å². The minimum absolute atomic E-state index is 0.0166. The Morgan fingerprint density at radius 3 is 3.04 bits per heavy atom. The Morgan fingerprint density at radius 2 is 2.21 bits per heavy atom. The van der Waals surface area contributed by atoms with E-state index < -0.39 is 17.1 Å². The van der Waals surface area contributed by atoms with E-state index in [1.807, 2.05) is 6.07 Å². The molecule has 24 heavy (non-hydrogen) atoms. The number of hydrogen-bond donors (Lipinski definition) is 1. The molecule has 124 valence electrons. The monoisotopic (exact) mass is 324 g/mol. The second-order valence-corrected chi connectivity index (χ2v) is 8.13. The largest absolute Gasteiger partial charge is 0.493 e. The Bertz CT molecular complexity index is 827. The zero-order chi connectivity index (χ0) is 16.3. The Morgan fingerprint density at radius 1 is 1.33 bits per heavy atom. The van der Waals surface area contributed by atoms with Gasteiger partial charge in [0.15, 0.2) is 23.4 Å². The van der Waals surface area contributed by atoms with Gasteiger partial charge in [0, 0.05) is 5.56 Å². The number of ketones is 1. The summed E-state index contributed by atoms with van der Waals surface area (Å²) in [7, 11) is 1.63. The molecule has 2 saturated carbocycles. The molecule has 2 bridgehead atoms. The Hall–Kier alpha value is -1.81. The minimum atomic E-state index is -0.969. The van der Waals surface area contributed by atoms with Crippen molar-refractivity contribution < 1.29 is 19.4 Å². The maximum absolute atomic E-state index is 12.8. The third kappa shape index (κ3) is 1.13. The minimum Gasteiger partial charge on any atom is -0.493 e. The van der Waals surface area contributed by atoms with Gasteiger partial charge in [-0.2, -0.15) is 0 Å². The second kappa shape index (κ2) is 3.88. The predicted molar refractivity (Wildman–Crippen MR) is 86.2 cm³/mol. The van der Waals surface area contributed by atoms with Gasteiger partial charge in [-0.3, -0.25) is 4.79 Å². The van der Waals surface area contributed by atoms with Gasteiger partial charge in [-0.25, -0.2) is 0 Å². The Kier molecular flexibility index (Phi) is 2.18. The number of fused-ring (bicyclic) bond motifs is 2. The normalized spacial score (nSPS) is 45.8. The first-order valence-electron chi connectivity index (χ1n) is 8.93. The molecular formula is C20H20O4. The van der Waals surface area contributed by atoms with Crippen LogP contribution >= 0.6 is 0 Å². The molecule has 1 N–H and O–H groups in total. The summed E-state index contributed by atoms with van der Waals surface area (Å²) in [6, 6.07) is 4.05. The standard InChI is InChI=1S/C20H20O4/c1-23-15-5-4-10-2-3-11-8-12-9-13(11)20-16(10)17(15)24-18(20)14(21)6-7-19(12,20)22/h4-7,11-13,18,22H,2-3,8-9H2,1H3/t11?,12-,13?,18+,19-,20?/m1/s1.